The molecule has 6 heteroatoms. The van der Waals surface area contributed by atoms with Crippen molar-refractivity contribution >= 4 is 11.6 Å². The zero-order valence-corrected chi connectivity index (χ0v) is 17.1. The molecule has 2 aliphatic rings. The fraction of sp³-hybridized carbons (Fsp3) is 0.435. The summed E-state index contributed by atoms with van der Waals surface area (Å²) < 4.78 is 23.3. The molecule has 29 heavy (non-hydrogen) atoms. The second-order valence-electron chi connectivity index (χ2n) is 7.82. The lowest BCUT2D eigenvalue weighted by molar-refractivity contribution is -0.105. The standard InChI is InChI=1S/C23H27NO5/c1-15(2)27-18-9-7-16(13-20(18)26-3)22(25)24-17-8-10-19-21(14-17)29-23(28-19)11-5-4-6-12-23/h7-10,13-15H,4-6,11-12H2,1-3H3,(H,24,25). The molecule has 1 spiro atoms. The van der Waals surface area contributed by atoms with Gasteiger partial charge < -0.3 is 24.3 Å². The van der Waals surface area contributed by atoms with E-state index in [4.69, 9.17) is 18.9 Å². The number of hydrogen-bond acceptors (Lipinski definition) is 5. The van der Waals surface area contributed by atoms with Gasteiger partial charge in [-0.25, -0.2) is 0 Å². The number of fused-ring (bicyclic) bond motifs is 1. The van der Waals surface area contributed by atoms with Gasteiger partial charge >= 0.3 is 0 Å². The molecule has 1 heterocycles. The Labute approximate surface area is 171 Å². The third kappa shape index (κ3) is 4.11. The van der Waals surface area contributed by atoms with E-state index in [1.165, 1.54) is 6.42 Å². The quantitative estimate of drug-likeness (QED) is 0.754. The molecule has 1 aliphatic heterocycles. The monoisotopic (exact) mass is 397 g/mol. The van der Waals surface area contributed by atoms with Crippen molar-refractivity contribution in [2.24, 2.45) is 0 Å². The van der Waals surface area contributed by atoms with Gasteiger partial charge in [-0.2, -0.15) is 0 Å². The Morgan fingerprint density at radius 3 is 2.48 bits per heavy atom. The van der Waals surface area contributed by atoms with Crippen molar-refractivity contribution in [3.05, 3.63) is 42.0 Å². The number of hydrogen-bond donors (Lipinski definition) is 1. The summed E-state index contributed by atoms with van der Waals surface area (Å²) in [5, 5.41) is 2.92. The molecule has 1 N–H and O–H groups in total. The van der Waals surface area contributed by atoms with Gasteiger partial charge in [-0.15, -0.1) is 0 Å². The summed E-state index contributed by atoms with van der Waals surface area (Å²) in [5.41, 5.74) is 1.14. The van der Waals surface area contributed by atoms with Crippen LogP contribution in [0.2, 0.25) is 0 Å². The fourth-order valence-electron chi connectivity index (χ4n) is 3.83. The van der Waals surface area contributed by atoms with E-state index in [9.17, 15) is 4.79 Å². The second-order valence-corrected chi connectivity index (χ2v) is 7.82. The van der Waals surface area contributed by atoms with Gasteiger partial charge in [0.15, 0.2) is 23.0 Å². The lowest BCUT2D eigenvalue weighted by Crippen LogP contribution is -2.40. The lowest BCUT2D eigenvalue weighted by Gasteiger charge is -2.31. The highest BCUT2D eigenvalue weighted by molar-refractivity contribution is 6.04. The summed E-state index contributed by atoms with van der Waals surface area (Å²) in [5.74, 6) is 1.80. The first kappa shape index (κ1) is 19.4. The number of benzene rings is 2. The molecular weight excluding hydrogens is 370 g/mol. The molecule has 0 bridgehead atoms. The van der Waals surface area contributed by atoms with Gasteiger partial charge in [0.1, 0.15) is 0 Å². The molecule has 0 aromatic heterocycles. The fourth-order valence-corrected chi connectivity index (χ4v) is 3.83. The molecule has 1 saturated carbocycles. The normalized spacial score (nSPS) is 16.7. The highest BCUT2D eigenvalue weighted by Crippen LogP contribution is 2.46. The highest BCUT2D eigenvalue weighted by Gasteiger charge is 2.42. The molecule has 2 aromatic carbocycles. The number of amides is 1. The van der Waals surface area contributed by atoms with Crippen LogP contribution in [0.1, 0.15) is 56.3 Å². The summed E-state index contributed by atoms with van der Waals surface area (Å²) in [6.07, 6.45) is 5.24. The Morgan fingerprint density at radius 1 is 1.00 bits per heavy atom. The van der Waals surface area contributed by atoms with Gasteiger partial charge in [-0.3, -0.25) is 4.79 Å². The Bertz CT molecular complexity index is 902. The van der Waals surface area contributed by atoms with Crippen molar-refractivity contribution in [2.45, 2.75) is 57.8 Å². The van der Waals surface area contributed by atoms with Crippen LogP contribution in [0.4, 0.5) is 5.69 Å². The minimum Gasteiger partial charge on any atom is -0.493 e. The van der Waals surface area contributed by atoms with E-state index in [0.717, 1.165) is 31.4 Å². The Kier molecular flexibility index (Phi) is 5.26. The molecule has 0 saturated heterocycles. The Morgan fingerprint density at radius 2 is 1.76 bits per heavy atom. The minimum atomic E-state index is -0.525. The molecule has 0 radical (unpaired) electrons. The van der Waals surface area contributed by atoms with Gasteiger partial charge in [-0.05, 0) is 57.0 Å². The summed E-state index contributed by atoms with van der Waals surface area (Å²) in [7, 11) is 1.56. The molecule has 1 aliphatic carbocycles. The number of carbonyl (C=O) groups excluding carboxylic acids is 1. The molecule has 6 nitrogen and oxygen atoms in total. The molecule has 154 valence electrons. The SMILES string of the molecule is COc1cc(C(=O)Nc2ccc3c(c2)OC2(CCCCC2)O3)ccc1OC(C)C. The largest absolute Gasteiger partial charge is 0.493 e. The van der Waals surface area contributed by atoms with Gasteiger partial charge in [-0.1, -0.05) is 6.42 Å². The molecule has 1 fully saturated rings. The second kappa shape index (κ2) is 7.85. The molecule has 4 rings (SSSR count). The third-order valence-corrected chi connectivity index (χ3v) is 5.20. The van der Waals surface area contributed by atoms with E-state index in [2.05, 4.69) is 5.32 Å². The van der Waals surface area contributed by atoms with Crippen LogP contribution in [0.3, 0.4) is 0 Å². The van der Waals surface area contributed by atoms with Crippen LogP contribution >= 0.6 is 0 Å². The first-order valence-electron chi connectivity index (χ1n) is 10.2. The number of anilines is 1. The number of nitrogens with one attached hydrogen (secondary N) is 1. The van der Waals surface area contributed by atoms with E-state index in [0.29, 0.717) is 28.5 Å². The van der Waals surface area contributed by atoms with E-state index < -0.39 is 5.79 Å². The van der Waals surface area contributed by atoms with Crippen molar-refractivity contribution in [2.75, 3.05) is 12.4 Å². The molecule has 0 unspecified atom stereocenters. The van der Waals surface area contributed by atoms with Gasteiger partial charge in [0.05, 0.1) is 13.2 Å². The van der Waals surface area contributed by atoms with E-state index in [-0.39, 0.29) is 12.0 Å². The van der Waals surface area contributed by atoms with Gasteiger partial charge in [0.25, 0.3) is 11.7 Å². The maximum absolute atomic E-state index is 12.7. The van der Waals surface area contributed by atoms with Crippen LogP contribution in [-0.4, -0.2) is 24.9 Å². The Balaban J connectivity index is 1.48. The topological polar surface area (TPSA) is 66.0 Å². The van der Waals surface area contributed by atoms with Crippen LogP contribution in [0, 0.1) is 0 Å². The summed E-state index contributed by atoms with van der Waals surface area (Å²) in [6, 6.07) is 10.7. The van der Waals surface area contributed by atoms with E-state index in [1.807, 2.05) is 32.0 Å². The first-order chi connectivity index (χ1) is 14.0. The zero-order valence-electron chi connectivity index (χ0n) is 17.1. The number of rotatable bonds is 5. The molecule has 1 amide bonds. The van der Waals surface area contributed by atoms with Gasteiger partial charge in [0.2, 0.25) is 0 Å². The highest BCUT2D eigenvalue weighted by atomic mass is 16.7. The van der Waals surface area contributed by atoms with Crippen LogP contribution in [0.15, 0.2) is 36.4 Å². The molecule has 2 aromatic rings. The third-order valence-electron chi connectivity index (χ3n) is 5.20. The zero-order chi connectivity index (χ0) is 20.4. The van der Waals surface area contributed by atoms with Crippen molar-refractivity contribution in [1.29, 1.82) is 0 Å². The minimum absolute atomic E-state index is 0.0182. The van der Waals surface area contributed by atoms with Crippen LogP contribution in [-0.2, 0) is 0 Å². The Hall–Kier alpha value is -2.89. The molecular formula is C23H27NO5. The maximum Gasteiger partial charge on any atom is 0.255 e. The van der Waals surface area contributed by atoms with Crippen molar-refractivity contribution in [1.82, 2.24) is 0 Å². The first-order valence-corrected chi connectivity index (χ1v) is 10.2. The summed E-state index contributed by atoms with van der Waals surface area (Å²) in [4.78, 5) is 12.7. The summed E-state index contributed by atoms with van der Waals surface area (Å²) in [6.45, 7) is 3.88. The van der Waals surface area contributed by atoms with Crippen molar-refractivity contribution < 1.29 is 23.7 Å². The van der Waals surface area contributed by atoms with Crippen LogP contribution in [0.25, 0.3) is 0 Å². The average molecular weight is 397 g/mol. The molecule has 0 atom stereocenters. The van der Waals surface area contributed by atoms with Crippen LogP contribution in [0.5, 0.6) is 23.0 Å². The number of methoxy groups -OCH3 is 1. The average Bonchev–Trinajstić information content (AvgIpc) is 3.04. The number of carbonyl (C=O) groups is 1. The van der Waals surface area contributed by atoms with Crippen molar-refractivity contribution in [3.8, 4) is 23.0 Å². The van der Waals surface area contributed by atoms with Crippen molar-refractivity contribution in [3.63, 3.8) is 0 Å². The lowest BCUT2D eigenvalue weighted by atomic mass is 9.94. The predicted molar refractivity (Wildman–Crippen MR) is 110 cm³/mol. The predicted octanol–water partition coefficient (Wildman–Crippen LogP) is 5.17. The van der Waals surface area contributed by atoms with E-state index >= 15 is 0 Å². The summed E-state index contributed by atoms with van der Waals surface area (Å²) >= 11 is 0. The van der Waals surface area contributed by atoms with Crippen LogP contribution < -0.4 is 24.3 Å². The number of ether oxygens (including phenoxy) is 4. The smallest absolute Gasteiger partial charge is 0.255 e. The van der Waals surface area contributed by atoms with E-state index in [1.54, 1.807) is 25.3 Å². The maximum atomic E-state index is 12.7. The van der Waals surface area contributed by atoms with Gasteiger partial charge in [0, 0.05) is 30.2 Å².